The lowest BCUT2D eigenvalue weighted by Gasteiger charge is -2.10. The molecule has 0 aliphatic carbocycles. The van der Waals surface area contributed by atoms with Crippen LogP contribution in [0.3, 0.4) is 0 Å². The van der Waals surface area contributed by atoms with Crippen LogP contribution in [0.15, 0.2) is 60.8 Å². The third-order valence-electron chi connectivity index (χ3n) is 5.65. The fraction of sp³-hybridized carbons (Fsp3) is 0.280. The van der Waals surface area contributed by atoms with Crippen molar-refractivity contribution in [1.29, 1.82) is 5.26 Å². The Balaban J connectivity index is 1.57. The van der Waals surface area contributed by atoms with Gasteiger partial charge in [-0.1, -0.05) is 54.6 Å². The van der Waals surface area contributed by atoms with Crippen molar-refractivity contribution in [2.75, 3.05) is 6.61 Å². The van der Waals surface area contributed by atoms with Gasteiger partial charge < -0.3 is 5.11 Å². The number of pyridine rings is 1. The van der Waals surface area contributed by atoms with Crippen LogP contribution in [0.4, 0.5) is 0 Å². The summed E-state index contributed by atoms with van der Waals surface area (Å²) in [5.74, 6) is 0.240. The minimum Gasteiger partial charge on any atom is -0.396 e. The molecule has 6 nitrogen and oxygen atoms in total. The number of aliphatic hydroxyl groups excluding tert-OH is 1. The Morgan fingerprint density at radius 2 is 1.97 bits per heavy atom. The monoisotopic (exact) mass is 411 g/mol. The molecule has 0 radical (unpaired) electrons. The summed E-state index contributed by atoms with van der Waals surface area (Å²) in [4.78, 5) is 4.53. The van der Waals surface area contributed by atoms with Gasteiger partial charge in [0.1, 0.15) is 11.8 Å². The van der Waals surface area contributed by atoms with Crippen molar-refractivity contribution in [3.8, 4) is 17.2 Å². The Morgan fingerprint density at radius 3 is 2.71 bits per heavy atom. The van der Waals surface area contributed by atoms with Gasteiger partial charge in [0, 0.05) is 30.7 Å². The molecule has 156 valence electrons. The van der Waals surface area contributed by atoms with Crippen molar-refractivity contribution in [3.63, 3.8) is 0 Å². The highest BCUT2D eigenvalue weighted by molar-refractivity contribution is 5.95. The molecule has 2 aromatic carbocycles. The zero-order valence-electron chi connectivity index (χ0n) is 17.6. The van der Waals surface area contributed by atoms with Gasteiger partial charge in [0.15, 0.2) is 0 Å². The molecule has 0 amide bonds. The third-order valence-corrected chi connectivity index (χ3v) is 5.65. The van der Waals surface area contributed by atoms with E-state index in [0.717, 1.165) is 46.1 Å². The van der Waals surface area contributed by atoms with Gasteiger partial charge in [-0.25, -0.2) is 4.98 Å². The lowest BCUT2D eigenvalue weighted by Crippen LogP contribution is -2.03. The molecule has 1 atom stereocenters. The molecule has 6 heteroatoms. The number of nitriles is 1. The number of aromatic nitrogens is 4. The summed E-state index contributed by atoms with van der Waals surface area (Å²) in [7, 11) is 0. The zero-order valence-corrected chi connectivity index (χ0v) is 17.6. The first-order chi connectivity index (χ1) is 15.2. The first-order valence-corrected chi connectivity index (χ1v) is 10.6. The van der Waals surface area contributed by atoms with E-state index in [1.54, 1.807) is 0 Å². The molecule has 0 fully saturated rings. The highest BCUT2D eigenvalue weighted by atomic mass is 16.3. The Bertz CT molecular complexity index is 1210. The van der Waals surface area contributed by atoms with Gasteiger partial charge in [-0.2, -0.15) is 5.26 Å². The molecular formula is C25H25N5O. The average Bonchev–Trinajstić information content (AvgIpc) is 3.29. The molecule has 1 N–H and O–H groups in total. The van der Waals surface area contributed by atoms with Crippen molar-refractivity contribution in [2.24, 2.45) is 0 Å². The number of aliphatic hydroxyl groups is 1. The van der Waals surface area contributed by atoms with Crippen LogP contribution in [0.2, 0.25) is 0 Å². The van der Waals surface area contributed by atoms with Gasteiger partial charge >= 0.3 is 0 Å². The quantitative estimate of drug-likeness (QED) is 0.462. The van der Waals surface area contributed by atoms with Crippen LogP contribution >= 0.6 is 0 Å². The van der Waals surface area contributed by atoms with Crippen LogP contribution in [0, 0.1) is 11.3 Å². The molecule has 0 saturated heterocycles. The second kappa shape index (κ2) is 9.50. The molecule has 1 unspecified atom stereocenters. The van der Waals surface area contributed by atoms with Crippen molar-refractivity contribution in [2.45, 2.75) is 38.6 Å². The highest BCUT2D eigenvalue weighted by Crippen LogP contribution is 2.29. The maximum absolute atomic E-state index is 9.45. The van der Waals surface area contributed by atoms with Gasteiger partial charge in [-0.15, -0.1) is 5.10 Å². The minimum absolute atomic E-state index is 0.158. The fourth-order valence-corrected chi connectivity index (χ4v) is 3.91. The number of benzene rings is 2. The van der Waals surface area contributed by atoms with E-state index in [4.69, 9.17) is 0 Å². The maximum atomic E-state index is 9.45. The number of fused-ring (bicyclic) bond motifs is 1. The van der Waals surface area contributed by atoms with Crippen LogP contribution in [-0.2, 0) is 13.0 Å². The van der Waals surface area contributed by atoms with E-state index >= 15 is 0 Å². The normalized spacial score (nSPS) is 12.0. The summed E-state index contributed by atoms with van der Waals surface area (Å²) >= 11 is 0. The molecule has 31 heavy (non-hydrogen) atoms. The topological polar surface area (TPSA) is 87.6 Å². The van der Waals surface area contributed by atoms with Crippen LogP contribution in [0.25, 0.3) is 22.0 Å². The molecule has 4 rings (SSSR count). The third kappa shape index (κ3) is 4.62. The summed E-state index contributed by atoms with van der Waals surface area (Å²) in [6, 6.07) is 20.4. The van der Waals surface area contributed by atoms with Crippen molar-refractivity contribution in [3.05, 3.63) is 77.7 Å². The van der Waals surface area contributed by atoms with Crippen LogP contribution in [0.5, 0.6) is 0 Å². The highest BCUT2D eigenvalue weighted by Gasteiger charge is 2.13. The van der Waals surface area contributed by atoms with E-state index < -0.39 is 0 Å². The molecule has 2 aromatic heterocycles. The van der Waals surface area contributed by atoms with E-state index in [1.165, 1.54) is 0 Å². The first kappa shape index (κ1) is 20.7. The smallest absolute Gasteiger partial charge is 0.141 e. The Hall–Kier alpha value is -3.56. The second-order valence-electron chi connectivity index (χ2n) is 7.66. The number of aryl methyl sites for hydroxylation is 2. The fourth-order valence-electron chi connectivity index (χ4n) is 3.91. The summed E-state index contributed by atoms with van der Waals surface area (Å²) in [6.45, 7) is 2.96. The maximum Gasteiger partial charge on any atom is 0.141 e. The van der Waals surface area contributed by atoms with E-state index in [-0.39, 0.29) is 12.5 Å². The summed E-state index contributed by atoms with van der Waals surface area (Å²) < 4.78 is 1.86. The standard InChI is InChI=1S/C25H25N5O/c1-2-19(11-13-31)25-17-30(29-28-25)12-10-18-8-9-22-23(20-6-4-3-5-7-20)15-21(16-26)27-24(22)14-18/h3-9,14-15,17,19,31H,2,10-13H2,1H3. The molecule has 0 aliphatic heterocycles. The molecule has 4 aromatic rings. The Labute approximate surface area is 181 Å². The van der Waals surface area contributed by atoms with Gasteiger partial charge in [0.05, 0.1) is 11.2 Å². The largest absolute Gasteiger partial charge is 0.396 e. The minimum atomic E-state index is 0.158. The van der Waals surface area contributed by atoms with E-state index in [9.17, 15) is 10.4 Å². The number of hydrogen-bond acceptors (Lipinski definition) is 5. The molecule has 2 heterocycles. The zero-order chi connectivity index (χ0) is 21.6. The van der Waals surface area contributed by atoms with Gasteiger partial charge in [-0.05, 0) is 48.1 Å². The SMILES string of the molecule is CCC(CCO)c1cn(CCc2ccc3c(-c4ccccc4)cc(C#N)nc3c2)nn1. The van der Waals surface area contributed by atoms with Gasteiger partial charge in [0.2, 0.25) is 0 Å². The van der Waals surface area contributed by atoms with Crippen LogP contribution in [-0.4, -0.2) is 31.7 Å². The Kier molecular flexibility index (Phi) is 6.34. The first-order valence-electron chi connectivity index (χ1n) is 10.6. The summed E-state index contributed by atoms with van der Waals surface area (Å²) in [5.41, 5.74) is 5.39. The van der Waals surface area contributed by atoms with Crippen LogP contribution in [0.1, 0.15) is 42.6 Å². The lowest BCUT2D eigenvalue weighted by atomic mass is 9.98. The van der Waals surface area contributed by atoms with Crippen molar-refractivity contribution >= 4 is 10.9 Å². The summed E-state index contributed by atoms with van der Waals surface area (Å²) in [6.07, 6.45) is 4.40. The number of hydrogen-bond donors (Lipinski definition) is 1. The predicted octanol–water partition coefficient (Wildman–Crippen LogP) is 4.48. The van der Waals surface area contributed by atoms with Crippen LogP contribution < -0.4 is 0 Å². The van der Waals surface area contributed by atoms with Crippen molar-refractivity contribution in [1.82, 2.24) is 20.0 Å². The van der Waals surface area contributed by atoms with E-state index in [2.05, 4.69) is 46.5 Å². The number of rotatable bonds is 8. The molecule has 0 spiro atoms. The van der Waals surface area contributed by atoms with E-state index in [1.807, 2.05) is 47.3 Å². The van der Waals surface area contributed by atoms with E-state index in [0.29, 0.717) is 18.7 Å². The predicted molar refractivity (Wildman–Crippen MR) is 120 cm³/mol. The molecular weight excluding hydrogens is 386 g/mol. The Morgan fingerprint density at radius 1 is 1.13 bits per heavy atom. The number of nitrogens with zero attached hydrogens (tertiary/aromatic N) is 5. The van der Waals surface area contributed by atoms with Gasteiger partial charge in [0.25, 0.3) is 0 Å². The average molecular weight is 412 g/mol. The lowest BCUT2D eigenvalue weighted by molar-refractivity contribution is 0.273. The molecule has 0 saturated carbocycles. The van der Waals surface area contributed by atoms with Gasteiger partial charge in [-0.3, -0.25) is 4.68 Å². The summed E-state index contributed by atoms with van der Waals surface area (Å²) in [5, 5.41) is 28.2. The second-order valence-corrected chi connectivity index (χ2v) is 7.66. The molecule has 0 aliphatic rings. The molecule has 0 bridgehead atoms. The van der Waals surface area contributed by atoms with Crippen molar-refractivity contribution < 1.29 is 5.11 Å².